The highest BCUT2D eigenvalue weighted by Gasteiger charge is 2.30. The van der Waals surface area contributed by atoms with Gasteiger partial charge < -0.3 is 9.84 Å². The summed E-state index contributed by atoms with van der Waals surface area (Å²) >= 11 is 0. The molecule has 0 aromatic heterocycles. The van der Waals surface area contributed by atoms with Crippen molar-refractivity contribution in [2.24, 2.45) is 0 Å². The SMILES string of the molecule is Cc1cccc(OC[C@H](O)CN2CCN(S(=O)(=O)c3cccc([N+](=O)[O-])c3)CC2)c1. The minimum Gasteiger partial charge on any atom is -0.491 e. The number of aliphatic hydroxyl groups excluding tert-OH is 1. The van der Waals surface area contributed by atoms with Crippen LogP contribution >= 0.6 is 0 Å². The first-order chi connectivity index (χ1) is 14.3. The summed E-state index contributed by atoms with van der Waals surface area (Å²) in [7, 11) is -3.81. The number of benzene rings is 2. The lowest BCUT2D eigenvalue weighted by Gasteiger charge is -2.34. The summed E-state index contributed by atoms with van der Waals surface area (Å²) in [4.78, 5) is 12.2. The van der Waals surface area contributed by atoms with Crippen molar-refractivity contribution in [2.75, 3.05) is 39.3 Å². The molecule has 162 valence electrons. The van der Waals surface area contributed by atoms with Crippen LogP contribution in [-0.2, 0) is 10.0 Å². The van der Waals surface area contributed by atoms with Gasteiger partial charge in [-0.05, 0) is 30.7 Å². The lowest BCUT2D eigenvalue weighted by atomic mass is 10.2. The van der Waals surface area contributed by atoms with Crippen molar-refractivity contribution in [1.82, 2.24) is 9.21 Å². The molecule has 0 amide bonds. The Balaban J connectivity index is 1.51. The molecule has 0 radical (unpaired) electrons. The van der Waals surface area contributed by atoms with Gasteiger partial charge in [0, 0.05) is 44.9 Å². The molecule has 1 saturated heterocycles. The second-order valence-electron chi connectivity index (χ2n) is 7.24. The van der Waals surface area contributed by atoms with Gasteiger partial charge in [0.05, 0.1) is 9.82 Å². The number of hydrogen-bond donors (Lipinski definition) is 1. The zero-order valence-electron chi connectivity index (χ0n) is 16.7. The summed E-state index contributed by atoms with van der Waals surface area (Å²) < 4.78 is 32.5. The summed E-state index contributed by atoms with van der Waals surface area (Å²) in [5.41, 5.74) is 0.814. The summed E-state index contributed by atoms with van der Waals surface area (Å²) in [6.45, 7) is 3.88. The lowest BCUT2D eigenvalue weighted by molar-refractivity contribution is -0.385. The highest BCUT2D eigenvalue weighted by molar-refractivity contribution is 7.89. The molecule has 2 aromatic rings. The van der Waals surface area contributed by atoms with Crippen LogP contribution in [-0.4, -0.2) is 73.1 Å². The van der Waals surface area contributed by atoms with E-state index < -0.39 is 21.1 Å². The molecule has 1 atom stereocenters. The van der Waals surface area contributed by atoms with Crippen molar-refractivity contribution in [2.45, 2.75) is 17.9 Å². The van der Waals surface area contributed by atoms with Crippen LogP contribution in [0, 0.1) is 17.0 Å². The number of aryl methyl sites for hydroxylation is 1. The number of nitro groups is 1. The van der Waals surface area contributed by atoms with E-state index in [-0.39, 0.29) is 30.3 Å². The Hall–Kier alpha value is -2.53. The van der Waals surface area contributed by atoms with Crippen LogP contribution in [0.1, 0.15) is 5.56 Å². The van der Waals surface area contributed by atoms with E-state index in [0.29, 0.717) is 25.4 Å². The number of ether oxygens (including phenoxy) is 1. The fourth-order valence-corrected chi connectivity index (χ4v) is 4.77. The number of aliphatic hydroxyl groups is 1. The maximum absolute atomic E-state index is 12.8. The van der Waals surface area contributed by atoms with Crippen LogP contribution < -0.4 is 4.74 Å². The minimum atomic E-state index is -3.81. The van der Waals surface area contributed by atoms with E-state index >= 15 is 0 Å². The quantitative estimate of drug-likeness (QED) is 0.495. The average molecular weight is 436 g/mol. The van der Waals surface area contributed by atoms with Crippen LogP contribution in [0.2, 0.25) is 0 Å². The van der Waals surface area contributed by atoms with Crippen molar-refractivity contribution in [3.8, 4) is 5.75 Å². The first-order valence-corrected chi connectivity index (χ1v) is 11.0. The van der Waals surface area contributed by atoms with Gasteiger partial charge >= 0.3 is 0 Å². The summed E-state index contributed by atoms with van der Waals surface area (Å²) in [6, 6.07) is 12.6. The largest absolute Gasteiger partial charge is 0.491 e. The number of nitro benzene ring substituents is 1. The molecule has 0 saturated carbocycles. The number of piperazine rings is 1. The van der Waals surface area contributed by atoms with Gasteiger partial charge in [0.1, 0.15) is 18.5 Å². The Bertz CT molecular complexity index is 990. The van der Waals surface area contributed by atoms with Crippen LogP contribution in [0.4, 0.5) is 5.69 Å². The van der Waals surface area contributed by atoms with Crippen molar-refractivity contribution in [1.29, 1.82) is 0 Å². The third-order valence-electron chi connectivity index (χ3n) is 4.90. The molecule has 0 unspecified atom stereocenters. The molecule has 1 N–H and O–H groups in total. The number of β-amino-alcohol motifs (C(OH)–C–C–N with tert-alkyl or cyclic N) is 1. The summed E-state index contributed by atoms with van der Waals surface area (Å²) in [6.07, 6.45) is -0.703. The van der Waals surface area contributed by atoms with Gasteiger partial charge in [0.25, 0.3) is 5.69 Å². The van der Waals surface area contributed by atoms with Gasteiger partial charge in [0.15, 0.2) is 0 Å². The van der Waals surface area contributed by atoms with Crippen LogP contribution in [0.15, 0.2) is 53.4 Å². The van der Waals surface area contributed by atoms with E-state index in [9.17, 15) is 23.6 Å². The number of non-ortho nitro benzene ring substituents is 1. The average Bonchev–Trinajstić information content (AvgIpc) is 2.73. The predicted octanol–water partition coefficient (Wildman–Crippen LogP) is 1.65. The molecule has 30 heavy (non-hydrogen) atoms. The molecule has 0 bridgehead atoms. The molecule has 0 spiro atoms. The number of nitrogens with zero attached hydrogens (tertiary/aromatic N) is 3. The van der Waals surface area contributed by atoms with Gasteiger partial charge in [-0.2, -0.15) is 4.31 Å². The Labute approximate surface area is 175 Å². The fourth-order valence-electron chi connectivity index (χ4n) is 3.31. The third-order valence-corrected chi connectivity index (χ3v) is 6.79. The monoisotopic (exact) mass is 435 g/mol. The number of sulfonamides is 1. The second-order valence-corrected chi connectivity index (χ2v) is 9.18. The molecular formula is C20H25N3O6S. The standard InChI is InChI=1S/C20H25N3O6S/c1-16-4-2-6-19(12-16)29-15-18(24)14-21-8-10-22(11-9-21)30(27,28)20-7-3-5-17(13-20)23(25)26/h2-7,12-13,18,24H,8-11,14-15H2,1H3/t18-/m1/s1. The molecule has 0 aliphatic carbocycles. The molecule has 2 aromatic carbocycles. The van der Waals surface area contributed by atoms with Gasteiger partial charge in [-0.1, -0.05) is 18.2 Å². The molecule has 1 aliphatic rings. The second kappa shape index (κ2) is 9.52. The van der Waals surface area contributed by atoms with Crippen LogP contribution in [0.3, 0.4) is 0 Å². The normalized spacial score (nSPS) is 16.9. The summed E-state index contributed by atoms with van der Waals surface area (Å²) in [5, 5.41) is 21.2. The third kappa shape index (κ3) is 5.54. The lowest BCUT2D eigenvalue weighted by Crippen LogP contribution is -2.50. The Morgan fingerprint density at radius 2 is 1.83 bits per heavy atom. The Morgan fingerprint density at radius 1 is 1.13 bits per heavy atom. The van der Waals surface area contributed by atoms with Crippen LogP contribution in [0.5, 0.6) is 5.75 Å². The molecule has 3 rings (SSSR count). The van der Waals surface area contributed by atoms with Crippen molar-refractivity contribution >= 4 is 15.7 Å². The maximum atomic E-state index is 12.8. The van der Waals surface area contributed by atoms with Crippen molar-refractivity contribution in [3.63, 3.8) is 0 Å². The van der Waals surface area contributed by atoms with Gasteiger partial charge in [0.2, 0.25) is 10.0 Å². The zero-order valence-corrected chi connectivity index (χ0v) is 17.5. The molecule has 1 heterocycles. The number of rotatable bonds is 8. The maximum Gasteiger partial charge on any atom is 0.270 e. The van der Waals surface area contributed by atoms with Crippen molar-refractivity contribution in [3.05, 3.63) is 64.2 Å². The van der Waals surface area contributed by atoms with Gasteiger partial charge in [-0.3, -0.25) is 15.0 Å². The smallest absolute Gasteiger partial charge is 0.270 e. The first kappa shape index (κ1) is 22.2. The highest BCUT2D eigenvalue weighted by Crippen LogP contribution is 2.22. The highest BCUT2D eigenvalue weighted by atomic mass is 32.2. The topological polar surface area (TPSA) is 113 Å². The van der Waals surface area contributed by atoms with Gasteiger partial charge in [-0.25, -0.2) is 8.42 Å². The van der Waals surface area contributed by atoms with E-state index in [1.54, 1.807) is 0 Å². The molecule has 1 fully saturated rings. The summed E-state index contributed by atoms with van der Waals surface area (Å²) in [5.74, 6) is 0.696. The predicted molar refractivity (Wildman–Crippen MR) is 111 cm³/mol. The molecule has 9 nitrogen and oxygen atoms in total. The minimum absolute atomic E-state index is 0.0864. The van der Waals surface area contributed by atoms with E-state index in [1.165, 1.54) is 22.5 Å². The van der Waals surface area contributed by atoms with Crippen LogP contribution in [0.25, 0.3) is 0 Å². The Morgan fingerprint density at radius 3 is 2.50 bits per heavy atom. The number of hydrogen-bond acceptors (Lipinski definition) is 7. The van der Waals surface area contributed by atoms with E-state index in [1.807, 2.05) is 36.1 Å². The zero-order chi connectivity index (χ0) is 21.7. The van der Waals surface area contributed by atoms with E-state index in [4.69, 9.17) is 4.74 Å². The van der Waals surface area contributed by atoms with Gasteiger partial charge in [-0.15, -0.1) is 0 Å². The molecule has 10 heteroatoms. The van der Waals surface area contributed by atoms with E-state index in [2.05, 4.69) is 0 Å². The fraction of sp³-hybridized carbons (Fsp3) is 0.400. The molecular weight excluding hydrogens is 410 g/mol. The Kier molecular flexibility index (Phi) is 7.03. The molecule has 1 aliphatic heterocycles. The first-order valence-electron chi connectivity index (χ1n) is 9.60. The van der Waals surface area contributed by atoms with Crippen molar-refractivity contribution < 1.29 is 23.2 Å². The van der Waals surface area contributed by atoms with E-state index in [0.717, 1.165) is 11.6 Å².